The minimum absolute atomic E-state index is 0.264. The van der Waals surface area contributed by atoms with Crippen LogP contribution >= 0.6 is 11.6 Å². The summed E-state index contributed by atoms with van der Waals surface area (Å²) in [7, 11) is 4.43. The van der Waals surface area contributed by atoms with E-state index in [9.17, 15) is 9.59 Å². The molecule has 0 aliphatic rings. The molecule has 2 amide bonds. The fraction of sp³-hybridized carbons (Fsp3) is 0.200. The zero-order chi connectivity index (χ0) is 21.4. The maximum atomic E-state index is 12.3. The van der Waals surface area contributed by atoms with Crippen molar-refractivity contribution in [3.05, 3.63) is 47.0 Å². The molecule has 0 aromatic heterocycles. The number of ether oxygens (including phenoxy) is 4. The molecular weight excluding hydrogens is 400 g/mol. The highest BCUT2D eigenvalue weighted by Crippen LogP contribution is 2.36. The Hall–Kier alpha value is -3.39. The van der Waals surface area contributed by atoms with Crippen LogP contribution in [0.25, 0.3) is 6.08 Å². The Balaban J connectivity index is 2.13. The van der Waals surface area contributed by atoms with E-state index in [2.05, 4.69) is 5.32 Å². The van der Waals surface area contributed by atoms with Gasteiger partial charge in [0.1, 0.15) is 11.5 Å². The molecule has 0 atom stereocenters. The summed E-state index contributed by atoms with van der Waals surface area (Å²) in [6.45, 7) is -0.264. The fourth-order valence-electron chi connectivity index (χ4n) is 2.36. The number of methoxy groups -OCH3 is 3. The van der Waals surface area contributed by atoms with Crippen molar-refractivity contribution >= 4 is 35.2 Å². The van der Waals surface area contributed by atoms with Crippen LogP contribution in [-0.2, 0) is 9.59 Å². The molecule has 0 bridgehead atoms. The van der Waals surface area contributed by atoms with Gasteiger partial charge in [0.15, 0.2) is 18.1 Å². The van der Waals surface area contributed by atoms with Crippen LogP contribution in [-0.4, -0.2) is 39.8 Å². The third kappa shape index (κ3) is 6.05. The summed E-state index contributed by atoms with van der Waals surface area (Å²) in [6, 6.07) is 8.10. The fourth-order valence-corrected chi connectivity index (χ4v) is 2.60. The van der Waals surface area contributed by atoms with E-state index in [1.165, 1.54) is 27.4 Å². The molecule has 0 saturated carbocycles. The van der Waals surface area contributed by atoms with Gasteiger partial charge in [0.2, 0.25) is 5.91 Å². The summed E-state index contributed by atoms with van der Waals surface area (Å²) >= 11 is 6.10. The van der Waals surface area contributed by atoms with Crippen LogP contribution in [0.3, 0.4) is 0 Å². The highest BCUT2D eigenvalue weighted by Gasteiger charge is 2.12. The number of halogens is 1. The van der Waals surface area contributed by atoms with Crippen molar-refractivity contribution in [2.75, 3.05) is 33.3 Å². The Morgan fingerprint density at radius 3 is 2.31 bits per heavy atom. The Morgan fingerprint density at radius 1 is 1.00 bits per heavy atom. The summed E-state index contributed by atoms with van der Waals surface area (Å²) in [5.74, 6) is 0.621. The minimum Gasteiger partial charge on any atom is -0.495 e. The van der Waals surface area contributed by atoms with Gasteiger partial charge in [-0.15, -0.1) is 0 Å². The number of hydrogen-bond acceptors (Lipinski definition) is 6. The van der Waals surface area contributed by atoms with Crippen LogP contribution in [0.4, 0.5) is 5.69 Å². The molecule has 29 heavy (non-hydrogen) atoms. The van der Waals surface area contributed by atoms with Gasteiger partial charge in [-0.2, -0.15) is 0 Å². The lowest BCUT2D eigenvalue weighted by molar-refractivity contribution is -0.120. The van der Waals surface area contributed by atoms with E-state index in [0.29, 0.717) is 39.3 Å². The minimum atomic E-state index is -0.596. The van der Waals surface area contributed by atoms with Gasteiger partial charge in [0.05, 0.1) is 32.0 Å². The largest absolute Gasteiger partial charge is 0.495 e. The molecule has 9 heteroatoms. The first kappa shape index (κ1) is 21.9. The van der Waals surface area contributed by atoms with Crippen LogP contribution < -0.4 is 30.0 Å². The Labute approximate surface area is 173 Å². The van der Waals surface area contributed by atoms with Crippen LogP contribution in [0, 0.1) is 0 Å². The van der Waals surface area contributed by atoms with Crippen molar-refractivity contribution in [2.45, 2.75) is 0 Å². The molecule has 0 unspecified atom stereocenters. The molecule has 2 aromatic rings. The van der Waals surface area contributed by atoms with Gasteiger partial charge in [-0.3, -0.25) is 9.59 Å². The van der Waals surface area contributed by atoms with Gasteiger partial charge < -0.3 is 30.0 Å². The van der Waals surface area contributed by atoms with E-state index in [4.69, 9.17) is 36.3 Å². The lowest BCUT2D eigenvalue weighted by Crippen LogP contribution is -2.20. The zero-order valence-electron chi connectivity index (χ0n) is 16.2. The van der Waals surface area contributed by atoms with E-state index < -0.39 is 11.8 Å². The second kappa shape index (κ2) is 10.2. The molecule has 8 nitrogen and oxygen atoms in total. The second-order valence-electron chi connectivity index (χ2n) is 5.67. The van der Waals surface area contributed by atoms with Crippen LogP contribution in [0.15, 0.2) is 36.4 Å². The van der Waals surface area contributed by atoms with E-state index >= 15 is 0 Å². The Bertz CT molecular complexity index is 929. The number of nitrogens with two attached hydrogens (primary N) is 1. The van der Waals surface area contributed by atoms with E-state index in [-0.39, 0.29) is 6.61 Å². The van der Waals surface area contributed by atoms with E-state index in [1.807, 2.05) is 0 Å². The molecule has 3 N–H and O–H groups in total. The number of nitrogens with one attached hydrogen (secondary N) is 1. The number of carbonyl (C=O) groups excluding carboxylic acids is 2. The highest BCUT2D eigenvalue weighted by atomic mass is 35.5. The normalized spacial score (nSPS) is 10.5. The van der Waals surface area contributed by atoms with Crippen molar-refractivity contribution in [3.8, 4) is 23.0 Å². The average molecular weight is 421 g/mol. The van der Waals surface area contributed by atoms with Gasteiger partial charge in [0, 0.05) is 12.1 Å². The van der Waals surface area contributed by atoms with E-state index in [0.717, 1.165) is 0 Å². The topological polar surface area (TPSA) is 109 Å². The average Bonchev–Trinajstić information content (AvgIpc) is 2.71. The number of hydrogen-bond donors (Lipinski definition) is 2. The van der Waals surface area contributed by atoms with Gasteiger partial charge in [-0.1, -0.05) is 17.7 Å². The monoisotopic (exact) mass is 420 g/mol. The molecule has 0 radical (unpaired) electrons. The summed E-state index contributed by atoms with van der Waals surface area (Å²) in [6.07, 6.45) is 2.93. The molecular formula is C20H21ClN2O6. The summed E-state index contributed by atoms with van der Waals surface area (Å²) in [5.41, 5.74) is 6.15. The molecule has 0 aliphatic heterocycles. The predicted molar refractivity (Wildman–Crippen MR) is 110 cm³/mol. The number of rotatable bonds is 9. The molecule has 154 valence electrons. The molecule has 0 fully saturated rings. The van der Waals surface area contributed by atoms with E-state index in [1.54, 1.807) is 36.4 Å². The SMILES string of the molecule is COc1cc(OC)c(NC(=O)/C=C/c2ccc(OCC(N)=O)c(OC)c2)cc1Cl. The second-order valence-corrected chi connectivity index (χ2v) is 6.08. The number of anilines is 1. The quantitative estimate of drug-likeness (QED) is 0.604. The molecule has 0 aliphatic carbocycles. The van der Waals surface area contributed by atoms with Gasteiger partial charge >= 0.3 is 0 Å². The highest BCUT2D eigenvalue weighted by molar-refractivity contribution is 6.32. The van der Waals surface area contributed by atoms with Gasteiger partial charge in [-0.05, 0) is 29.8 Å². The first-order valence-electron chi connectivity index (χ1n) is 8.37. The zero-order valence-corrected chi connectivity index (χ0v) is 16.9. The van der Waals surface area contributed by atoms with Gasteiger partial charge in [0.25, 0.3) is 5.91 Å². The lowest BCUT2D eigenvalue weighted by Gasteiger charge is -2.12. The van der Waals surface area contributed by atoms with Crippen molar-refractivity contribution in [2.24, 2.45) is 5.73 Å². The van der Waals surface area contributed by atoms with Gasteiger partial charge in [-0.25, -0.2) is 0 Å². The van der Waals surface area contributed by atoms with Crippen molar-refractivity contribution < 1.29 is 28.5 Å². The molecule has 0 spiro atoms. The summed E-state index contributed by atoms with van der Waals surface area (Å²) < 4.78 is 20.9. The van der Waals surface area contributed by atoms with Crippen LogP contribution in [0.2, 0.25) is 5.02 Å². The third-order valence-corrected chi connectivity index (χ3v) is 4.01. The van der Waals surface area contributed by atoms with Crippen molar-refractivity contribution in [1.82, 2.24) is 0 Å². The molecule has 2 aromatic carbocycles. The smallest absolute Gasteiger partial charge is 0.255 e. The molecule has 0 heterocycles. The number of benzene rings is 2. The summed E-state index contributed by atoms with van der Waals surface area (Å²) in [5, 5.41) is 3.04. The van der Waals surface area contributed by atoms with Crippen LogP contribution in [0.1, 0.15) is 5.56 Å². The molecule has 2 rings (SSSR count). The summed E-state index contributed by atoms with van der Waals surface area (Å²) in [4.78, 5) is 23.1. The standard InChI is InChI=1S/C20H21ClN2O6/c1-26-16-10-17(27-2)14(9-13(16)21)23-20(25)7-5-12-4-6-15(18(8-12)28-3)29-11-19(22)24/h4-10H,11H2,1-3H3,(H2,22,24)(H,23,25)/b7-5+. The predicted octanol–water partition coefficient (Wildman–Crippen LogP) is 2.88. The maximum Gasteiger partial charge on any atom is 0.255 e. The number of carbonyl (C=O) groups is 2. The first-order chi connectivity index (χ1) is 13.9. The van der Waals surface area contributed by atoms with Crippen LogP contribution in [0.5, 0.6) is 23.0 Å². The van der Waals surface area contributed by atoms with Crippen molar-refractivity contribution in [1.29, 1.82) is 0 Å². The van der Waals surface area contributed by atoms with Crippen molar-refractivity contribution in [3.63, 3.8) is 0 Å². The Kier molecular flexibility index (Phi) is 7.73. The molecule has 0 saturated heterocycles. The lowest BCUT2D eigenvalue weighted by atomic mass is 10.2. The number of amides is 2. The number of primary amides is 1. The third-order valence-electron chi connectivity index (χ3n) is 3.72. The Morgan fingerprint density at radius 2 is 1.69 bits per heavy atom. The first-order valence-corrected chi connectivity index (χ1v) is 8.75. The maximum absolute atomic E-state index is 12.3.